The lowest BCUT2D eigenvalue weighted by Crippen LogP contribution is -2.17. The Bertz CT molecular complexity index is 1250. The van der Waals surface area contributed by atoms with Gasteiger partial charge in [-0.2, -0.15) is 0 Å². The number of carbonyl (C=O) groups is 1. The zero-order chi connectivity index (χ0) is 19.1. The maximum atomic E-state index is 12.7. The van der Waals surface area contributed by atoms with Gasteiger partial charge in [0.1, 0.15) is 4.88 Å². The first-order valence-electron chi connectivity index (χ1n) is 8.80. The molecule has 1 amide bonds. The van der Waals surface area contributed by atoms with E-state index < -0.39 is 0 Å². The van der Waals surface area contributed by atoms with Crippen molar-refractivity contribution in [2.45, 2.75) is 27.2 Å². The molecule has 0 atom stereocenters. The zero-order valence-electron chi connectivity index (χ0n) is 15.4. The first-order chi connectivity index (χ1) is 13.0. The van der Waals surface area contributed by atoms with Gasteiger partial charge in [0.05, 0.1) is 11.0 Å². The second-order valence-electron chi connectivity index (χ2n) is 6.57. The zero-order valence-corrected chi connectivity index (χ0v) is 16.2. The average Bonchev–Trinajstić information content (AvgIpc) is 3.00. The fourth-order valence-corrected chi connectivity index (χ4v) is 4.07. The van der Waals surface area contributed by atoms with Gasteiger partial charge in [-0.3, -0.25) is 14.0 Å². The molecule has 2 aromatic heterocycles. The van der Waals surface area contributed by atoms with E-state index in [2.05, 4.69) is 10.3 Å². The van der Waals surface area contributed by atoms with Gasteiger partial charge < -0.3 is 5.32 Å². The Morgan fingerprint density at radius 2 is 1.89 bits per heavy atom. The number of fused-ring (bicyclic) bond motifs is 3. The third kappa shape index (κ3) is 3.02. The lowest BCUT2D eigenvalue weighted by Gasteiger charge is -2.09. The topological polar surface area (TPSA) is 63.5 Å². The Labute approximate surface area is 160 Å². The number of anilines is 1. The smallest absolute Gasteiger partial charge is 0.266 e. The van der Waals surface area contributed by atoms with E-state index in [1.165, 1.54) is 17.4 Å². The summed E-state index contributed by atoms with van der Waals surface area (Å²) in [6.45, 7) is 6.06. The fraction of sp³-hybridized carbons (Fsp3) is 0.190. The largest absolute Gasteiger partial charge is 0.321 e. The van der Waals surface area contributed by atoms with E-state index in [-0.39, 0.29) is 11.5 Å². The van der Waals surface area contributed by atoms with Gasteiger partial charge in [0.25, 0.3) is 11.5 Å². The average molecular weight is 377 g/mol. The van der Waals surface area contributed by atoms with Crippen molar-refractivity contribution in [1.82, 2.24) is 9.38 Å². The van der Waals surface area contributed by atoms with E-state index in [0.29, 0.717) is 9.84 Å². The second-order valence-corrected chi connectivity index (χ2v) is 7.58. The van der Waals surface area contributed by atoms with Gasteiger partial charge >= 0.3 is 0 Å². The van der Waals surface area contributed by atoms with Crippen molar-refractivity contribution in [3.8, 4) is 0 Å². The molecule has 1 N–H and O–H groups in total. The standard InChI is InChI=1S/C21H19N3O2S/c1-4-14-7-5-6-8-15(14)22-20(26)18-11-19(25)24-17-10-13(3)12(2)9-16(17)23-21(24)27-18/h5-11H,4H2,1-3H3,(H,22,26). The monoisotopic (exact) mass is 377 g/mol. The van der Waals surface area contributed by atoms with Crippen LogP contribution >= 0.6 is 11.3 Å². The number of benzene rings is 2. The number of aryl methyl sites for hydroxylation is 3. The molecule has 4 aromatic rings. The van der Waals surface area contributed by atoms with Crippen LogP contribution in [0, 0.1) is 13.8 Å². The lowest BCUT2D eigenvalue weighted by molar-refractivity contribution is 0.103. The summed E-state index contributed by atoms with van der Waals surface area (Å²) in [6, 6.07) is 13.0. The summed E-state index contributed by atoms with van der Waals surface area (Å²) < 4.78 is 1.57. The molecule has 4 rings (SSSR count). The predicted molar refractivity (Wildman–Crippen MR) is 110 cm³/mol. The van der Waals surface area contributed by atoms with Crippen molar-refractivity contribution in [3.63, 3.8) is 0 Å². The number of hydrogen-bond donors (Lipinski definition) is 1. The molecule has 5 nitrogen and oxygen atoms in total. The molecule has 0 aliphatic heterocycles. The lowest BCUT2D eigenvalue weighted by atomic mass is 10.1. The highest BCUT2D eigenvalue weighted by Gasteiger charge is 2.15. The second kappa shape index (κ2) is 6.63. The van der Waals surface area contributed by atoms with Crippen molar-refractivity contribution in [2.24, 2.45) is 0 Å². The first kappa shape index (κ1) is 17.4. The molecule has 2 aromatic carbocycles. The van der Waals surface area contributed by atoms with Crippen LogP contribution in [0.25, 0.3) is 16.0 Å². The van der Waals surface area contributed by atoms with E-state index in [0.717, 1.165) is 39.8 Å². The summed E-state index contributed by atoms with van der Waals surface area (Å²) in [4.78, 5) is 30.9. The van der Waals surface area contributed by atoms with E-state index in [1.807, 2.05) is 57.2 Å². The first-order valence-corrected chi connectivity index (χ1v) is 9.62. The summed E-state index contributed by atoms with van der Waals surface area (Å²) in [7, 11) is 0. The highest BCUT2D eigenvalue weighted by atomic mass is 32.1. The van der Waals surface area contributed by atoms with Crippen molar-refractivity contribution < 1.29 is 4.79 Å². The SMILES string of the molecule is CCc1ccccc1NC(=O)c1cc(=O)n2c(nc3cc(C)c(C)cc32)s1. The van der Waals surface area contributed by atoms with E-state index in [1.54, 1.807) is 4.40 Å². The van der Waals surface area contributed by atoms with Crippen LogP contribution in [0.4, 0.5) is 5.69 Å². The van der Waals surface area contributed by atoms with Crippen molar-refractivity contribution in [3.05, 3.63) is 74.4 Å². The minimum Gasteiger partial charge on any atom is -0.321 e. The summed E-state index contributed by atoms with van der Waals surface area (Å²) in [6.07, 6.45) is 0.816. The number of hydrogen-bond acceptors (Lipinski definition) is 4. The van der Waals surface area contributed by atoms with Crippen molar-refractivity contribution in [1.29, 1.82) is 0 Å². The Kier molecular flexibility index (Phi) is 4.28. The van der Waals surface area contributed by atoms with Crippen molar-refractivity contribution in [2.75, 3.05) is 5.32 Å². The van der Waals surface area contributed by atoms with Gasteiger partial charge in [0.2, 0.25) is 0 Å². The number of carbonyl (C=O) groups excluding carboxylic acids is 1. The van der Waals surface area contributed by atoms with Gasteiger partial charge in [-0.1, -0.05) is 36.5 Å². The fourth-order valence-electron chi connectivity index (χ4n) is 3.14. The van der Waals surface area contributed by atoms with E-state index in [4.69, 9.17) is 0 Å². The highest BCUT2D eigenvalue weighted by Crippen LogP contribution is 2.23. The molecule has 0 bridgehead atoms. The van der Waals surface area contributed by atoms with E-state index in [9.17, 15) is 9.59 Å². The Hall–Kier alpha value is -2.99. The third-order valence-corrected chi connectivity index (χ3v) is 5.77. The van der Waals surface area contributed by atoms with Crippen LogP contribution in [0.1, 0.15) is 33.3 Å². The van der Waals surface area contributed by atoms with Gasteiger partial charge in [-0.15, -0.1) is 0 Å². The van der Waals surface area contributed by atoms with Crippen LogP contribution < -0.4 is 10.9 Å². The predicted octanol–water partition coefficient (Wildman–Crippen LogP) is 4.34. The number of aromatic nitrogens is 2. The third-order valence-electron chi connectivity index (χ3n) is 4.79. The van der Waals surface area contributed by atoms with Gasteiger partial charge in [-0.05, 0) is 55.2 Å². The van der Waals surface area contributed by atoms with Gasteiger partial charge in [0, 0.05) is 11.8 Å². The van der Waals surface area contributed by atoms with Crippen LogP contribution in [0.2, 0.25) is 0 Å². The maximum Gasteiger partial charge on any atom is 0.266 e. The molecule has 0 unspecified atom stereocenters. The summed E-state index contributed by atoms with van der Waals surface area (Å²) in [5, 5.41) is 2.92. The van der Waals surface area contributed by atoms with Gasteiger partial charge in [-0.25, -0.2) is 4.98 Å². The van der Waals surface area contributed by atoms with Crippen LogP contribution in [-0.4, -0.2) is 15.3 Å². The number of imidazole rings is 1. The van der Waals surface area contributed by atoms with Crippen molar-refractivity contribution >= 4 is 38.9 Å². The Balaban J connectivity index is 1.80. The summed E-state index contributed by atoms with van der Waals surface area (Å²) in [5.41, 5.74) is 5.34. The molecule has 2 heterocycles. The normalized spacial score (nSPS) is 11.2. The number of nitrogens with zero attached hydrogens (tertiary/aromatic N) is 2. The number of nitrogens with one attached hydrogen (secondary N) is 1. The molecule has 136 valence electrons. The maximum absolute atomic E-state index is 12.7. The molecule has 0 saturated carbocycles. The molecular formula is C21H19N3O2S. The molecule has 0 aliphatic carbocycles. The van der Waals surface area contributed by atoms with Gasteiger partial charge in [0.15, 0.2) is 4.96 Å². The molecule has 6 heteroatoms. The Morgan fingerprint density at radius 1 is 1.15 bits per heavy atom. The molecule has 0 fully saturated rings. The summed E-state index contributed by atoms with van der Waals surface area (Å²) in [5.74, 6) is -0.292. The molecule has 0 aliphatic rings. The number of para-hydroxylation sites is 1. The van der Waals surface area contributed by atoms with E-state index >= 15 is 0 Å². The van der Waals surface area contributed by atoms with Crippen LogP contribution in [0.3, 0.4) is 0 Å². The summed E-state index contributed by atoms with van der Waals surface area (Å²) >= 11 is 1.22. The molecule has 0 saturated heterocycles. The number of rotatable bonds is 3. The minimum absolute atomic E-state index is 0.247. The van der Waals surface area contributed by atoms with Crippen LogP contribution in [0.5, 0.6) is 0 Å². The van der Waals surface area contributed by atoms with Crippen LogP contribution in [0.15, 0.2) is 47.3 Å². The quantitative estimate of drug-likeness (QED) is 0.578. The molecule has 27 heavy (non-hydrogen) atoms. The van der Waals surface area contributed by atoms with Crippen LogP contribution in [-0.2, 0) is 6.42 Å². The Morgan fingerprint density at radius 3 is 2.67 bits per heavy atom. The molecule has 0 radical (unpaired) electrons. The number of amides is 1. The minimum atomic E-state index is -0.292. The highest BCUT2D eigenvalue weighted by molar-refractivity contribution is 7.18. The molecular weight excluding hydrogens is 358 g/mol. The molecule has 0 spiro atoms.